The molecule has 0 unspecified atom stereocenters. The monoisotopic (exact) mass is 230 g/mol. The Bertz CT molecular complexity index is 208. The highest BCUT2D eigenvalue weighted by molar-refractivity contribution is 7.99. The predicted molar refractivity (Wildman–Crippen MR) is 65.3 cm³/mol. The van der Waals surface area contributed by atoms with E-state index in [1.165, 1.54) is 0 Å². The average molecular weight is 230 g/mol. The van der Waals surface area contributed by atoms with Gasteiger partial charge in [-0.3, -0.25) is 4.79 Å². The number of aliphatic carboxylic acids is 1. The average Bonchev–Trinajstić information content (AvgIpc) is 2.21. The van der Waals surface area contributed by atoms with Crippen LogP contribution in [0.1, 0.15) is 46.0 Å². The minimum atomic E-state index is -0.564. The first-order valence-electron chi connectivity index (χ1n) is 5.92. The van der Waals surface area contributed by atoms with Crippen LogP contribution in [-0.4, -0.2) is 22.6 Å². The molecule has 1 saturated carbocycles. The van der Waals surface area contributed by atoms with E-state index in [2.05, 4.69) is 13.8 Å². The molecular formula is C12H22O2S. The maximum absolute atomic E-state index is 11.4. The zero-order valence-corrected chi connectivity index (χ0v) is 10.6. The predicted octanol–water partition coefficient (Wildman–Crippen LogP) is 3.41. The first-order valence-corrected chi connectivity index (χ1v) is 7.07. The Balaban J connectivity index is 2.51. The summed E-state index contributed by atoms with van der Waals surface area (Å²) in [5.74, 6) is 2.24. The Labute approximate surface area is 96.8 Å². The zero-order chi connectivity index (χ0) is 11.3. The van der Waals surface area contributed by atoms with Gasteiger partial charge in [0, 0.05) is 0 Å². The smallest absolute Gasteiger partial charge is 0.309 e. The summed E-state index contributed by atoms with van der Waals surface area (Å²) in [4.78, 5) is 11.4. The largest absolute Gasteiger partial charge is 0.481 e. The molecule has 0 spiro atoms. The molecule has 1 fully saturated rings. The van der Waals surface area contributed by atoms with E-state index in [1.54, 1.807) is 0 Å². The van der Waals surface area contributed by atoms with Crippen LogP contribution in [0.25, 0.3) is 0 Å². The molecule has 1 aliphatic carbocycles. The molecule has 1 N–H and O–H groups in total. The summed E-state index contributed by atoms with van der Waals surface area (Å²) >= 11 is 1.86. The number of hydrogen-bond donors (Lipinski definition) is 1. The van der Waals surface area contributed by atoms with Gasteiger partial charge in [0.1, 0.15) is 0 Å². The second-order valence-electron chi connectivity index (χ2n) is 4.71. The maximum Gasteiger partial charge on any atom is 0.309 e. The summed E-state index contributed by atoms with van der Waals surface area (Å²) < 4.78 is 0. The molecule has 0 aromatic heterocycles. The van der Waals surface area contributed by atoms with Crippen LogP contribution in [-0.2, 0) is 4.79 Å². The van der Waals surface area contributed by atoms with Crippen LogP contribution in [0.2, 0.25) is 0 Å². The van der Waals surface area contributed by atoms with Gasteiger partial charge in [-0.1, -0.05) is 13.8 Å². The van der Waals surface area contributed by atoms with E-state index in [-0.39, 0.29) is 0 Å². The van der Waals surface area contributed by atoms with Crippen LogP contribution in [0.15, 0.2) is 0 Å². The lowest BCUT2D eigenvalue weighted by Crippen LogP contribution is -2.35. The van der Waals surface area contributed by atoms with E-state index in [9.17, 15) is 9.90 Å². The zero-order valence-electron chi connectivity index (χ0n) is 9.79. The lowest BCUT2D eigenvalue weighted by molar-refractivity contribution is -0.151. The fourth-order valence-electron chi connectivity index (χ4n) is 2.30. The highest BCUT2D eigenvalue weighted by Gasteiger charge is 2.40. The Hall–Kier alpha value is -0.180. The second-order valence-corrected chi connectivity index (χ2v) is 6.11. The number of carboxylic acids is 1. The van der Waals surface area contributed by atoms with Crippen LogP contribution in [0.5, 0.6) is 0 Å². The Morgan fingerprint density at radius 1 is 1.47 bits per heavy atom. The molecule has 3 heteroatoms. The third kappa shape index (κ3) is 3.40. The molecule has 88 valence electrons. The molecule has 0 saturated heterocycles. The van der Waals surface area contributed by atoms with Crippen molar-refractivity contribution in [1.29, 1.82) is 0 Å². The van der Waals surface area contributed by atoms with E-state index in [0.29, 0.717) is 0 Å². The van der Waals surface area contributed by atoms with Crippen molar-refractivity contribution in [2.24, 2.45) is 11.3 Å². The summed E-state index contributed by atoms with van der Waals surface area (Å²) in [6, 6.07) is 0. The molecular weight excluding hydrogens is 208 g/mol. The minimum absolute atomic E-state index is 0.394. The second kappa shape index (κ2) is 5.78. The van der Waals surface area contributed by atoms with Crippen molar-refractivity contribution in [1.82, 2.24) is 0 Å². The minimum Gasteiger partial charge on any atom is -0.481 e. The first kappa shape index (κ1) is 12.9. The van der Waals surface area contributed by atoms with Crippen molar-refractivity contribution >= 4 is 17.7 Å². The highest BCUT2D eigenvalue weighted by Crippen LogP contribution is 2.42. The summed E-state index contributed by atoms with van der Waals surface area (Å²) in [5.41, 5.74) is -0.394. The Morgan fingerprint density at radius 2 is 2.07 bits per heavy atom. The number of carbonyl (C=O) groups is 1. The Kier molecular flexibility index (Phi) is 4.97. The van der Waals surface area contributed by atoms with Crippen LogP contribution < -0.4 is 0 Å². The number of thioether (sulfide) groups is 1. The van der Waals surface area contributed by atoms with Crippen molar-refractivity contribution in [2.45, 2.75) is 46.0 Å². The molecule has 0 atom stereocenters. The molecule has 0 aromatic carbocycles. The van der Waals surface area contributed by atoms with E-state index < -0.39 is 11.4 Å². The van der Waals surface area contributed by atoms with Crippen molar-refractivity contribution in [2.75, 3.05) is 11.5 Å². The normalized spacial score (nSPS) is 31.5. The molecule has 0 radical (unpaired) electrons. The highest BCUT2D eigenvalue weighted by atomic mass is 32.2. The summed E-state index contributed by atoms with van der Waals surface area (Å²) in [6.07, 6.45) is 4.79. The molecule has 2 nitrogen and oxygen atoms in total. The molecule has 0 heterocycles. The van der Waals surface area contributed by atoms with Gasteiger partial charge in [0.25, 0.3) is 0 Å². The van der Waals surface area contributed by atoms with E-state index >= 15 is 0 Å². The van der Waals surface area contributed by atoms with Gasteiger partial charge in [-0.05, 0) is 49.5 Å². The van der Waals surface area contributed by atoms with Gasteiger partial charge in [-0.15, -0.1) is 0 Å². The van der Waals surface area contributed by atoms with Gasteiger partial charge in [0.2, 0.25) is 0 Å². The van der Waals surface area contributed by atoms with Crippen LogP contribution in [0.3, 0.4) is 0 Å². The molecule has 15 heavy (non-hydrogen) atoms. The molecule has 0 aromatic rings. The van der Waals surface area contributed by atoms with Crippen LogP contribution in [0.4, 0.5) is 0 Å². The summed E-state index contributed by atoms with van der Waals surface area (Å²) in [6.45, 7) is 4.35. The van der Waals surface area contributed by atoms with E-state index in [4.69, 9.17) is 0 Å². The fourth-order valence-corrected chi connectivity index (χ4v) is 3.12. The third-order valence-corrected chi connectivity index (χ3v) is 4.52. The number of carboxylic acid groups (broad SMARTS) is 1. The van der Waals surface area contributed by atoms with Gasteiger partial charge in [0.05, 0.1) is 5.41 Å². The van der Waals surface area contributed by atoms with E-state index in [0.717, 1.165) is 49.5 Å². The lowest BCUT2D eigenvalue weighted by Gasteiger charge is -2.35. The molecule has 0 amide bonds. The van der Waals surface area contributed by atoms with Crippen molar-refractivity contribution < 1.29 is 9.90 Å². The standard InChI is InChI=1S/C12H22O2S/c1-3-15-9-8-12(11(13)14)6-4-10(2)5-7-12/h10H,3-9H2,1-2H3,(H,13,14). The van der Waals surface area contributed by atoms with Gasteiger partial charge in [-0.2, -0.15) is 11.8 Å². The fraction of sp³-hybridized carbons (Fsp3) is 0.917. The number of rotatable bonds is 5. The lowest BCUT2D eigenvalue weighted by atomic mass is 9.69. The van der Waals surface area contributed by atoms with Crippen molar-refractivity contribution in [3.05, 3.63) is 0 Å². The SMILES string of the molecule is CCSCCC1(C(=O)O)CCC(C)CC1. The summed E-state index contributed by atoms with van der Waals surface area (Å²) in [5, 5.41) is 9.37. The Morgan fingerprint density at radius 3 is 2.53 bits per heavy atom. The maximum atomic E-state index is 11.4. The number of hydrogen-bond acceptors (Lipinski definition) is 2. The topological polar surface area (TPSA) is 37.3 Å². The van der Waals surface area contributed by atoms with Crippen LogP contribution in [0, 0.1) is 11.3 Å². The molecule has 0 aliphatic heterocycles. The molecule has 0 bridgehead atoms. The molecule has 1 aliphatic rings. The molecule has 1 rings (SSSR count). The van der Waals surface area contributed by atoms with Crippen LogP contribution >= 0.6 is 11.8 Å². The van der Waals surface area contributed by atoms with Crippen molar-refractivity contribution in [3.8, 4) is 0 Å². The first-order chi connectivity index (χ1) is 7.10. The van der Waals surface area contributed by atoms with Crippen molar-refractivity contribution in [3.63, 3.8) is 0 Å². The third-order valence-electron chi connectivity index (χ3n) is 3.61. The van der Waals surface area contributed by atoms with Gasteiger partial charge in [0.15, 0.2) is 0 Å². The van der Waals surface area contributed by atoms with Gasteiger partial charge >= 0.3 is 5.97 Å². The quantitative estimate of drug-likeness (QED) is 0.735. The van der Waals surface area contributed by atoms with E-state index in [1.807, 2.05) is 11.8 Å². The van der Waals surface area contributed by atoms with Gasteiger partial charge in [-0.25, -0.2) is 0 Å². The summed E-state index contributed by atoms with van der Waals surface area (Å²) in [7, 11) is 0. The van der Waals surface area contributed by atoms with Gasteiger partial charge < -0.3 is 5.11 Å².